The first kappa shape index (κ1) is 14.8. The molecule has 4 heteroatoms. The number of nitrogens with zero attached hydrogens (tertiary/aromatic N) is 1. The summed E-state index contributed by atoms with van der Waals surface area (Å²) in [5.41, 5.74) is 7.86. The number of rotatable bonds is 8. The molecule has 0 spiro atoms. The molecule has 1 rings (SSSR count). The minimum Gasteiger partial charge on any atom is -0.495 e. The molecule has 4 nitrogen and oxygen atoms in total. The van der Waals surface area contributed by atoms with Gasteiger partial charge in [-0.15, -0.1) is 0 Å². The monoisotopic (exact) mass is 251 g/mol. The van der Waals surface area contributed by atoms with Gasteiger partial charge >= 0.3 is 0 Å². The fraction of sp³-hybridized carbons (Fsp3) is 0.571. The summed E-state index contributed by atoms with van der Waals surface area (Å²) in [5, 5.41) is 3.43. The van der Waals surface area contributed by atoms with Crippen molar-refractivity contribution in [3.63, 3.8) is 0 Å². The molecular formula is C14H25N3O. The number of methoxy groups -OCH3 is 1. The highest BCUT2D eigenvalue weighted by molar-refractivity contribution is 5.54. The van der Waals surface area contributed by atoms with Crippen LogP contribution in [-0.2, 0) is 6.42 Å². The lowest BCUT2D eigenvalue weighted by atomic mass is 10.1. The van der Waals surface area contributed by atoms with Gasteiger partial charge < -0.3 is 20.7 Å². The van der Waals surface area contributed by atoms with Crippen LogP contribution in [0.4, 0.5) is 5.69 Å². The van der Waals surface area contributed by atoms with Crippen molar-refractivity contribution in [3.05, 3.63) is 23.8 Å². The van der Waals surface area contributed by atoms with Gasteiger partial charge in [0.15, 0.2) is 0 Å². The van der Waals surface area contributed by atoms with Crippen LogP contribution in [-0.4, -0.2) is 45.7 Å². The van der Waals surface area contributed by atoms with E-state index >= 15 is 0 Å². The third-order valence-corrected chi connectivity index (χ3v) is 2.85. The van der Waals surface area contributed by atoms with E-state index in [4.69, 9.17) is 10.5 Å². The maximum Gasteiger partial charge on any atom is 0.141 e. The highest BCUT2D eigenvalue weighted by Crippen LogP contribution is 2.22. The summed E-state index contributed by atoms with van der Waals surface area (Å²) in [5.74, 6) is 0.753. The van der Waals surface area contributed by atoms with Crippen LogP contribution >= 0.6 is 0 Å². The van der Waals surface area contributed by atoms with Crippen molar-refractivity contribution in [2.24, 2.45) is 0 Å². The van der Waals surface area contributed by atoms with E-state index < -0.39 is 0 Å². The second-order valence-corrected chi connectivity index (χ2v) is 4.73. The number of benzene rings is 1. The summed E-state index contributed by atoms with van der Waals surface area (Å²) in [6, 6.07) is 6.01. The van der Waals surface area contributed by atoms with Gasteiger partial charge in [-0.1, -0.05) is 6.07 Å². The van der Waals surface area contributed by atoms with Gasteiger partial charge in [0.1, 0.15) is 5.75 Å². The van der Waals surface area contributed by atoms with Crippen LogP contribution in [0.25, 0.3) is 0 Å². The van der Waals surface area contributed by atoms with Crippen molar-refractivity contribution in [1.82, 2.24) is 10.2 Å². The molecule has 0 aliphatic carbocycles. The molecule has 0 saturated heterocycles. The molecule has 0 atom stereocenters. The van der Waals surface area contributed by atoms with E-state index in [0.717, 1.165) is 43.9 Å². The van der Waals surface area contributed by atoms with Crippen molar-refractivity contribution < 1.29 is 4.74 Å². The lowest BCUT2D eigenvalue weighted by Gasteiger charge is -2.10. The Kier molecular flexibility index (Phi) is 6.54. The second kappa shape index (κ2) is 7.95. The summed E-state index contributed by atoms with van der Waals surface area (Å²) in [6.45, 7) is 3.16. The molecule has 1 aromatic rings. The van der Waals surface area contributed by atoms with E-state index in [0.29, 0.717) is 0 Å². The van der Waals surface area contributed by atoms with Crippen LogP contribution in [0.3, 0.4) is 0 Å². The SMILES string of the molecule is COc1ccc(CCCNCCN(C)C)cc1N. The zero-order valence-corrected chi connectivity index (χ0v) is 11.7. The summed E-state index contributed by atoms with van der Waals surface area (Å²) in [6.07, 6.45) is 2.17. The predicted octanol–water partition coefficient (Wildman–Crippen LogP) is 1.36. The second-order valence-electron chi connectivity index (χ2n) is 4.73. The first-order chi connectivity index (χ1) is 8.63. The van der Waals surface area contributed by atoms with Gasteiger partial charge in [-0.25, -0.2) is 0 Å². The van der Waals surface area contributed by atoms with E-state index in [9.17, 15) is 0 Å². The molecule has 0 unspecified atom stereocenters. The molecule has 0 bridgehead atoms. The Labute approximate surface area is 110 Å². The predicted molar refractivity (Wildman–Crippen MR) is 77.2 cm³/mol. The average Bonchev–Trinajstić information content (AvgIpc) is 2.33. The van der Waals surface area contributed by atoms with Gasteiger partial charge in [-0.2, -0.15) is 0 Å². The van der Waals surface area contributed by atoms with Gasteiger partial charge in [0.05, 0.1) is 12.8 Å². The van der Waals surface area contributed by atoms with E-state index in [1.807, 2.05) is 12.1 Å². The molecule has 3 N–H and O–H groups in total. The fourth-order valence-corrected chi connectivity index (χ4v) is 1.78. The number of nitrogens with one attached hydrogen (secondary N) is 1. The topological polar surface area (TPSA) is 50.5 Å². The largest absolute Gasteiger partial charge is 0.495 e. The Balaban J connectivity index is 2.21. The zero-order chi connectivity index (χ0) is 13.4. The molecule has 0 aliphatic heterocycles. The maximum atomic E-state index is 5.87. The van der Waals surface area contributed by atoms with Crippen LogP contribution in [0.5, 0.6) is 5.75 Å². The lowest BCUT2D eigenvalue weighted by Crippen LogP contribution is -2.27. The van der Waals surface area contributed by atoms with Crippen LogP contribution in [0.2, 0.25) is 0 Å². The lowest BCUT2D eigenvalue weighted by molar-refractivity contribution is 0.399. The Bertz CT molecular complexity index is 353. The zero-order valence-electron chi connectivity index (χ0n) is 11.7. The number of nitrogens with two attached hydrogens (primary N) is 1. The van der Waals surface area contributed by atoms with Crippen LogP contribution in [0.1, 0.15) is 12.0 Å². The first-order valence-corrected chi connectivity index (χ1v) is 6.41. The molecule has 102 valence electrons. The molecule has 0 amide bonds. The highest BCUT2D eigenvalue weighted by Gasteiger charge is 2.00. The van der Waals surface area contributed by atoms with Crippen LogP contribution in [0, 0.1) is 0 Å². The minimum absolute atomic E-state index is 0.718. The number of nitrogen functional groups attached to an aromatic ring is 1. The van der Waals surface area contributed by atoms with Gasteiger partial charge in [-0.3, -0.25) is 0 Å². The summed E-state index contributed by atoms with van der Waals surface area (Å²) < 4.78 is 5.14. The number of hydrogen-bond acceptors (Lipinski definition) is 4. The molecule has 0 aromatic heterocycles. The molecule has 0 aliphatic rings. The van der Waals surface area contributed by atoms with Gasteiger partial charge in [0.2, 0.25) is 0 Å². The van der Waals surface area contributed by atoms with E-state index in [2.05, 4.69) is 30.4 Å². The van der Waals surface area contributed by atoms with Gasteiger partial charge in [-0.05, 0) is 51.2 Å². The Morgan fingerprint density at radius 3 is 2.67 bits per heavy atom. The number of hydrogen-bond donors (Lipinski definition) is 2. The first-order valence-electron chi connectivity index (χ1n) is 6.41. The van der Waals surface area contributed by atoms with Crippen molar-refractivity contribution in [2.75, 3.05) is 46.6 Å². The molecule has 0 heterocycles. The van der Waals surface area contributed by atoms with Gasteiger partial charge in [0, 0.05) is 13.1 Å². The van der Waals surface area contributed by atoms with Gasteiger partial charge in [0.25, 0.3) is 0 Å². The summed E-state index contributed by atoms with van der Waals surface area (Å²) >= 11 is 0. The Morgan fingerprint density at radius 2 is 2.06 bits per heavy atom. The molecule has 0 saturated carbocycles. The maximum absolute atomic E-state index is 5.87. The van der Waals surface area contributed by atoms with Crippen LogP contribution in [0.15, 0.2) is 18.2 Å². The summed E-state index contributed by atoms with van der Waals surface area (Å²) in [7, 11) is 5.81. The van der Waals surface area contributed by atoms with E-state index in [1.165, 1.54) is 5.56 Å². The number of likely N-dealkylation sites (N-methyl/N-ethyl adjacent to an activating group) is 1. The molecular weight excluding hydrogens is 226 g/mol. The molecule has 0 fully saturated rings. The standard InChI is InChI=1S/C14H25N3O/c1-17(2)10-9-16-8-4-5-12-6-7-14(18-3)13(15)11-12/h6-7,11,16H,4-5,8-10,15H2,1-3H3. The van der Waals surface area contributed by atoms with E-state index in [1.54, 1.807) is 7.11 Å². The average molecular weight is 251 g/mol. The number of ether oxygens (including phenoxy) is 1. The van der Waals surface area contributed by atoms with Crippen molar-refractivity contribution >= 4 is 5.69 Å². The van der Waals surface area contributed by atoms with Crippen LogP contribution < -0.4 is 15.8 Å². The smallest absolute Gasteiger partial charge is 0.141 e. The van der Waals surface area contributed by atoms with Crippen molar-refractivity contribution in [1.29, 1.82) is 0 Å². The third-order valence-electron chi connectivity index (χ3n) is 2.85. The fourth-order valence-electron chi connectivity index (χ4n) is 1.78. The normalized spacial score (nSPS) is 10.9. The minimum atomic E-state index is 0.718. The Morgan fingerprint density at radius 1 is 1.28 bits per heavy atom. The number of anilines is 1. The van der Waals surface area contributed by atoms with E-state index in [-0.39, 0.29) is 0 Å². The Hall–Kier alpha value is -1.26. The third kappa shape index (κ3) is 5.38. The summed E-state index contributed by atoms with van der Waals surface area (Å²) in [4.78, 5) is 2.18. The quantitative estimate of drug-likeness (QED) is 0.541. The molecule has 1 aromatic carbocycles. The highest BCUT2D eigenvalue weighted by atomic mass is 16.5. The van der Waals surface area contributed by atoms with Crippen molar-refractivity contribution in [3.8, 4) is 5.75 Å². The van der Waals surface area contributed by atoms with Crippen molar-refractivity contribution in [2.45, 2.75) is 12.8 Å². The molecule has 0 radical (unpaired) electrons. The molecule has 18 heavy (non-hydrogen) atoms. The number of aryl methyl sites for hydroxylation is 1.